The Morgan fingerprint density at radius 1 is 1.08 bits per heavy atom. The van der Waals surface area contributed by atoms with Gasteiger partial charge in [-0.2, -0.15) is 0 Å². The first-order chi connectivity index (χ1) is 17.4. The van der Waals surface area contributed by atoms with Gasteiger partial charge in [0.2, 0.25) is 0 Å². The van der Waals surface area contributed by atoms with Crippen LogP contribution in [0.25, 0.3) is 11.1 Å². The third-order valence-electron chi connectivity index (χ3n) is 8.82. The highest BCUT2D eigenvalue weighted by Gasteiger charge is 2.48. The van der Waals surface area contributed by atoms with Crippen molar-refractivity contribution in [2.75, 3.05) is 32.0 Å². The molecule has 3 heterocycles. The quantitative estimate of drug-likeness (QED) is 0.581. The third kappa shape index (κ3) is 4.89. The van der Waals surface area contributed by atoms with Crippen LogP contribution in [0.15, 0.2) is 36.5 Å². The number of pyridine rings is 1. The number of hydrogen-bond acceptors (Lipinski definition) is 6. The second kappa shape index (κ2) is 10.1. The maximum Gasteiger partial charge on any atom is 0.255 e. The van der Waals surface area contributed by atoms with E-state index in [4.69, 9.17) is 10.5 Å². The molecule has 2 bridgehead atoms. The highest BCUT2D eigenvalue weighted by atomic mass is 16.5. The number of aromatic nitrogens is 1. The molecule has 0 spiro atoms. The van der Waals surface area contributed by atoms with E-state index in [2.05, 4.69) is 39.5 Å². The van der Waals surface area contributed by atoms with Crippen LogP contribution in [-0.4, -0.2) is 64.4 Å². The first-order valence-electron chi connectivity index (χ1n) is 13.6. The molecule has 7 heteroatoms. The number of nitrogens with two attached hydrogens (primary N) is 1. The normalized spacial score (nSPS) is 29.8. The molecule has 3 saturated carbocycles. The van der Waals surface area contributed by atoms with Crippen LogP contribution in [0, 0.1) is 0 Å². The zero-order chi connectivity index (χ0) is 25.3. The van der Waals surface area contributed by atoms with Gasteiger partial charge in [0.1, 0.15) is 5.82 Å². The minimum absolute atomic E-state index is 0.165. The number of ether oxygens (including phenoxy) is 1. The lowest BCUT2D eigenvalue weighted by Gasteiger charge is -2.51. The zero-order valence-corrected chi connectivity index (χ0v) is 21.6. The summed E-state index contributed by atoms with van der Waals surface area (Å²) in [5.41, 5.74) is 9.08. The van der Waals surface area contributed by atoms with Gasteiger partial charge in [0, 0.05) is 23.8 Å². The van der Waals surface area contributed by atoms with E-state index in [0.29, 0.717) is 17.5 Å². The van der Waals surface area contributed by atoms with E-state index in [1.165, 1.54) is 12.0 Å². The van der Waals surface area contributed by atoms with Crippen molar-refractivity contribution in [3.8, 4) is 11.1 Å². The van der Waals surface area contributed by atoms with Crippen molar-refractivity contribution in [3.05, 3.63) is 47.7 Å². The summed E-state index contributed by atoms with van der Waals surface area (Å²) in [5, 5.41) is 13.7. The molecule has 2 aromatic rings. The fraction of sp³-hybridized carbons (Fsp3) is 0.586. The molecule has 4 N–H and O–H groups in total. The summed E-state index contributed by atoms with van der Waals surface area (Å²) in [6, 6.07) is 11.1. The maximum atomic E-state index is 13.2. The van der Waals surface area contributed by atoms with Gasteiger partial charge in [0.15, 0.2) is 0 Å². The van der Waals surface area contributed by atoms with Crippen molar-refractivity contribution < 1.29 is 14.6 Å². The summed E-state index contributed by atoms with van der Waals surface area (Å²) in [7, 11) is 0. The third-order valence-corrected chi connectivity index (χ3v) is 8.82. The van der Waals surface area contributed by atoms with E-state index in [1.54, 1.807) is 6.20 Å². The first-order valence-corrected chi connectivity index (χ1v) is 13.6. The van der Waals surface area contributed by atoms with Crippen molar-refractivity contribution in [1.82, 2.24) is 15.2 Å². The van der Waals surface area contributed by atoms with Crippen molar-refractivity contribution >= 4 is 11.7 Å². The van der Waals surface area contributed by atoms with Crippen molar-refractivity contribution in [2.45, 2.75) is 81.9 Å². The van der Waals surface area contributed by atoms with Crippen LogP contribution in [0.5, 0.6) is 0 Å². The minimum Gasteiger partial charge on any atom is -0.390 e. The monoisotopic (exact) mass is 492 g/mol. The summed E-state index contributed by atoms with van der Waals surface area (Å²) in [4.78, 5) is 20.1. The molecule has 5 fully saturated rings. The van der Waals surface area contributed by atoms with Gasteiger partial charge in [0.25, 0.3) is 5.91 Å². The predicted molar refractivity (Wildman–Crippen MR) is 142 cm³/mol. The van der Waals surface area contributed by atoms with E-state index < -0.39 is 5.60 Å². The zero-order valence-electron chi connectivity index (χ0n) is 21.6. The van der Waals surface area contributed by atoms with E-state index in [0.717, 1.165) is 76.0 Å². The van der Waals surface area contributed by atoms with Crippen LogP contribution in [0.2, 0.25) is 0 Å². The SMILES string of the molecule is CC.Nc1ncc(-c2ccc(C3CCN(C4COC4)C3)cc2)cc1C(=O)NC12CCC(O)(CC1)CC2. The number of fused-ring (bicyclic) bond motifs is 3. The Labute approximate surface area is 214 Å². The van der Waals surface area contributed by atoms with Crippen LogP contribution in [0.1, 0.15) is 80.6 Å². The standard InChI is InChI=1S/C27H34N4O3.C2H6/c28-24-23(25(32)30-26-6-9-27(33,10-7-26)11-8-26)13-21(14-29-24)19-3-1-18(2-4-19)20-5-12-31(15-20)22-16-34-17-22;1-2/h1-4,13-14,20,22,33H,5-12,15-17H2,(H2,28,29)(H,30,32);1-2H3. The molecule has 0 radical (unpaired) electrons. The Morgan fingerprint density at radius 2 is 1.75 bits per heavy atom. The van der Waals surface area contributed by atoms with Crippen molar-refractivity contribution in [3.63, 3.8) is 0 Å². The molecule has 7 nitrogen and oxygen atoms in total. The van der Waals surface area contributed by atoms with Crippen LogP contribution < -0.4 is 11.1 Å². The lowest BCUT2D eigenvalue weighted by atomic mass is 9.63. The highest BCUT2D eigenvalue weighted by Crippen LogP contribution is 2.47. The van der Waals surface area contributed by atoms with Gasteiger partial charge in [-0.1, -0.05) is 38.1 Å². The van der Waals surface area contributed by atoms with E-state index in [-0.39, 0.29) is 17.3 Å². The number of anilines is 1. The number of nitrogen functional groups attached to an aromatic ring is 1. The summed E-state index contributed by atoms with van der Waals surface area (Å²) < 4.78 is 5.35. The number of aliphatic hydroxyl groups is 1. The van der Waals surface area contributed by atoms with Gasteiger partial charge in [-0.05, 0) is 74.6 Å². The van der Waals surface area contributed by atoms with Gasteiger partial charge in [-0.15, -0.1) is 0 Å². The molecule has 1 aromatic carbocycles. The first kappa shape index (κ1) is 25.2. The number of benzene rings is 1. The summed E-state index contributed by atoms with van der Waals surface area (Å²) in [6.45, 7) is 7.98. The Kier molecular flexibility index (Phi) is 7.07. The van der Waals surface area contributed by atoms with Gasteiger partial charge < -0.3 is 20.9 Å². The summed E-state index contributed by atoms with van der Waals surface area (Å²) in [6.07, 6.45) is 7.63. The molecule has 1 unspecified atom stereocenters. The Morgan fingerprint density at radius 3 is 2.36 bits per heavy atom. The number of carbonyl (C=O) groups excluding carboxylic acids is 1. The number of amides is 1. The average Bonchev–Trinajstić information content (AvgIpc) is 3.35. The number of likely N-dealkylation sites (tertiary alicyclic amines) is 1. The summed E-state index contributed by atoms with van der Waals surface area (Å²) >= 11 is 0. The molecule has 2 saturated heterocycles. The fourth-order valence-corrected chi connectivity index (χ4v) is 6.25. The topological polar surface area (TPSA) is 101 Å². The predicted octanol–water partition coefficient (Wildman–Crippen LogP) is 4.11. The van der Waals surface area contributed by atoms with Gasteiger partial charge in [-0.25, -0.2) is 4.98 Å². The second-order valence-corrected chi connectivity index (χ2v) is 10.9. The molecule has 36 heavy (non-hydrogen) atoms. The largest absolute Gasteiger partial charge is 0.390 e. The number of nitrogens with zero attached hydrogens (tertiary/aromatic N) is 2. The molecular formula is C29H40N4O3. The van der Waals surface area contributed by atoms with Crippen molar-refractivity contribution in [1.29, 1.82) is 0 Å². The smallest absolute Gasteiger partial charge is 0.255 e. The Bertz CT molecular complexity index is 1060. The summed E-state index contributed by atoms with van der Waals surface area (Å²) in [5.74, 6) is 0.647. The second-order valence-electron chi connectivity index (χ2n) is 10.9. The van der Waals surface area contributed by atoms with Gasteiger partial charge >= 0.3 is 0 Å². The van der Waals surface area contributed by atoms with E-state index in [9.17, 15) is 9.90 Å². The molecule has 5 aliphatic rings. The van der Waals surface area contributed by atoms with Crippen LogP contribution in [0.4, 0.5) is 5.82 Å². The molecule has 7 rings (SSSR count). The van der Waals surface area contributed by atoms with Gasteiger partial charge in [0.05, 0.1) is 30.4 Å². The minimum atomic E-state index is -0.526. The number of nitrogens with one attached hydrogen (secondary N) is 1. The van der Waals surface area contributed by atoms with E-state index >= 15 is 0 Å². The number of carbonyl (C=O) groups is 1. The lowest BCUT2D eigenvalue weighted by Crippen LogP contribution is -2.58. The van der Waals surface area contributed by atoms with Crippen LogP contribution >= 0.6 is 0 Å². The molecule has 2 aliphatic heterocycles. The van der Waals surface area contributed by atoms with Crippen molar-refractivity contribution in [2.24, 2.45) is 0 Å². The molecular weight excluding hydrogens is 452 g/mol. The fourth-order valence-electron chi connectivity index (χ4n) is 6.25. The molecule has 1 atom stereocenters. The average molecular weight is 493 g/mol. The van der Waals surface area contributed by atoms with Gasteiger partial charge in [-0.3, -0.25) is 9.69 Å². The van der Waals surface area contributed by atoms with Crippen LogP contribution in [0.3, 0.4) is 0 Å². The maximum absolute atomic E-state index is 13.2. The molecule has 1 aromatic heterocycles. The lowest BCUT2D eigenvalue weighted by molar-refractivity contribution is -0.0702. The van der Waals surface area contributed by atoms with E-state index in [1.807, 2.05) is 19.9 Å². The Hall–Kier alpha value is -2.48. The van der Waals surface area contributed by atoms with Crippen LogP contribution in [-0.2, 0) is 4.74 Å². The molecule has 194 valence electrons. The Balaban J connectivity index is 0.00000130. The highest BCUT2D eigenvalue weighted by molar-refractivity contribution is 5.99. The molecule has 3 aliphatic carbocycles. The number of rotatable bonds is 5. The molecule has 1 amide bonds. The number of hydrogen-bond donors (Lipinski definition) is 3.